The molecular formula is C11H14I2O8. The molecule has 0 saturated carbocycles. The standard InChI is InChI=1S/C11H14I2O8/c12-11(13)6(21-10(19)4-2-8(16)17)5-20-9(18)3-1-7(14)15/h6,11H,1-5H2,(H,14,15)(H,16,17). The van der Waals surface area contributed by atoms with Crippen LogP contribution in [0, 0.1) is 0 Å². The van der Waals surface area contributed by atoms with Crippen LogP contribution >= 0.6 is 45.2 Å². The second kappa shape index (κ2) is 11.0. The minimum absolute atomic E-state index is 0.193. The van der Waals surface area contributed by atoms with Gasteiger partial charge in [0, 0.05) is 0 Å². The van der Waals surface area contributed by atoms with Crippen molar-refractivity contribution in [1.82, 2.24) is 0 Å². The van der Waals surface area contributed by atoms with Crippen LogP contribution in [0.4, 0.5) is 0 Å². The summed E-state index contributed by atoms with van der Waals surface area (Å²) in [4.78, 5) is 43.3. The molecule has 0 aliphatic heterocycles. The Bertz CT molecular complexity index is 396. The Labute approximate surface area is 147 Å². The summed E-state index contributed by atoms with van der Waals surface area (Å²) in [5.74, 6) is -3.60. The van der Waals surface area contributed by atoms with Crippen molar-refractivity contribution < 1.29 is 38.9 Å². The van der Waals surface area contributed by atoms with Crippen LogP contribution in [0.5, 0.6) is 0 Å². The lowest BCUT2D eigenvalue weighted by Crippen LogP contribution is -2.30. The lowest BCUT2D eigenvalue weighted by atomic mass is 10.3. The molecule has 120 valence electrons. The number of ether oxygens (including phenoxy) is 2. The molecule has 1 atom stereocenters. The summed E-state index contributed by atoms with van der Waals surface area (Å²) < 4.78 is 9.67. The SMILES string of the molecule is O=C(O)CCC(=O)OCC(OC(=O)CCC(=O)O)C(I)I. The number of hydrogen-bond acceptors (Lipinski definition) is 6. The van der Waals surface area contributed by atoms with Crippen LogP contribution in [0.2, 0.25) is 0 Å². The third-order valence-corrected chi connectivity index (χ3v) is 3.66. The van der Waals surface area contributed by atoms with Crippen LogP contribution in [0.15, 0.2) is 0 Å². The van der Waals surface area contributed by atoms with E-state index in [0.717, 1.165) is 0 Å². The molecule has 0 fully saturated rings. The van der Waals surface area contributed by atoms with Crippen molar-refractivity contribution >= 4 is 69.1 Å². The van der Waals surface area contributed by atoms with E-state index in [0.29, 0.717) is 0 Å². The number of carboxylic acid groups (broad SMARTS) is 2. The molecule has 8 nitrogen and oxygen atoms in total. The van der Waals surface area contributed by atoms with E-state index >= 15 is 0 Å². The van der Waals surface area contributed by atoms with E-state index in [1.807, 2.05) is 45.2 Å². The third-order valence-electron chi connectivity index (χ3n) is 2.06. The van der Waals surface area contributed by atoms with Gasteiger partial charge in [-0.05, 0) is 0 Å². The summed E-state index contributed by atoms with van der Waals surface area (Å²) in [6, 6.07) is 0. The van der Waals surface area contributed by atoms with Gasteiger partial charge in [0.25, 0.3) is 0 Å². The first-order chi connectivity index (χ1) is 9.72. The van der Waals surface area contributed by atoms with Crippen LogP contribution < -0.4 is 0 Å². The van der Waals surface area contributed by atoms with Gasteiger partial charge in [-0.25, -0.2) is 0 Å². The molecule has 0 amide bonds. The van der Waals surface area contributed by atoms with Gasteiger partial charge < -0.3 is 19.7 Å². The van der Waals surface area contributed by atoms with E-state index in [1.54, 1.807) is 0 Å². The van der Waals surface area contributed by atoms with Gasteiger partial charge in [-0.1, -0.05) is 45.2 Å². The molecule has 0 saturated heterocycles. The minimum atomic E-state index is -1.11. The molecule has 0 aliphatic carbocycles. The van der Waals surface area contributed by atoms with Crippen LogP contribution in [-0.4, -0.2) is 48.7 Å². The largest absolute Gasteiger partial charge is 0.481 e. The molecular weight excluding hydrogens is 514 g/mol. The number of rotatable bonds is 10. The van der Waals surface area contributed by atoms with Crippen molar-refractivity contribution in [2.75, 3.05) is 6.61 Å². The highest BCUT2D eigenvalue weighted by molar-refractivity contribution is 14.2. The fourth-order valence-electron chi connectivity index (χ4n) is 1.05. The maximum atomic E-state index is 11.4. The summed E-state index contributed by atoms with van der Waals surface area (Å²) in [5, 5.41) is 16.9. The van der Waals surface area contributed by atoms with E-state index in [1.165, 1.54) is 0 Å². The predicted molar refractivity (Wildman–Crippen MR) is 86.4 cm³/mol. The fraction of sp³-hybridized carbons (Fsp3) is 0.636. The molecule has 10 heteroatoms. The smallest absolute Gasteiger partial charge is 0.306 e. The maximum Gasteiger partial charge on any atom is 0.306 e. The normalized spacial score (nSPS) is 11.8. The van der Waals surface area contributed by atoms with Gasteiger partial charge in [0.05, 0.1) is 25.7 Å². The van der Waals surface area contributed by atoms with Gasteiger partial charge in [-0.3, -0.25) is 19.2 Å². The number of alkyl halides is 2. The molecule has 0 heterocycles. The number of hydrogen-bond donors (Lipinski definition) is 2. The number of aliphatic carboxylic acids is 2. The summed E-state index contributed by atoms with van der Waals surface area (Å²) in [5.41, 5.74) is 0. The van der Waals surface area contributed by atoms with Crippen LogP contribution in [-0.2, 0) is 28.7 Å². The Morgan fingerprint density at radius 1 is 0.857 bits per heavy atom. The van der Waals surface area contributed by atoms with Crippen molar-refractivity contribution in [3.63, 3.8) is 0 Å². The molecule has 1 unspecified atom stereocenters. The maximum absolute atomic E-state index is 11.4. The van der Waals surface area contributed by atoms with E-state index in [4.69, 9.17) is 19.7 Å². The van der Waals surface area contributed by atoms with Crippen molar-refractivity contribution in [3.05, 3.63) is 0 Å². The highest BCUT2D eigenvalue weighted by atomic mass is 127. The van der Waals surface area contributed by atoms with Gasteiger partial charge in [0.1, 0.15) is 8.54 Å². The molecule has 0 aromatic carbocycles. The molecule has 0 rings (SSSR count). The van der Waals surface area contributed by atoms with Gasteiger partial charge in [-0.2, -0.15) is 0 Å². The highest BCUT2D eigenvalue weighted by Gasteiger charge is 2.23. The zero-order chi connectivity index (χ0) is 16.4. The highest BCUT2D eigenvalue weighted by Crippen LogP contribution is 2.19. The van der Waals surface area contributed by atoms with Crippen LogP contribution in [0.1, 0.15) is 25.7 Å². The van der Waals surface area contributed by atoms with Gasteiger partial charge >= 0.3 is 23.9 Å². The average molecular weight is 528 g/mol. The number of carboxylic acids is 2. The first kappa shape index (κ1) is 20.3. The summed E-state index contributed by atoms with van der Waals surface area (Å²) in [6.07, 6.45) is -1.92. The topological polar surface area (TPSA) is 127 Å². The van der Waals surface area contributed by atoms with Gasteiger partial charge in [0.15, 0.2) is 6.10 Å². The van der Waals surface area contributed by atoms with E-state index in [2.05, 4.69) is 0 Å². The van der Waals surface area contributed by atoms with Gasteiger partial charge in [-0.15, -0.1) is 0 Å². The molecule has 0 aromatic heterocycles. The molecule has 0 radical (unpaired) electrons. The molecule has 0 aliphatic rings. The zero-order valence-corrected chi connectivity index (χ0v) is 15.1. The molecule has 0 aromatic rings. The molecule has 2 N–H and O–H groups in total. The first-order valence-corrected chi connectivity index (χ1v) is 8.28. The lowest BCUT2D eigenvalue weighted by Gasteiger charge is -2.19. The predicted octanol–water partition coefficient (Wildman–Crippen LogP) is 1.37. The second-order valence-electron chi connectivity index (χ2n) is 3.83. The Balaban J connectivity index is 4.18. The average Bonchev–Trinajstić information content (AvgIpc) is 2.38. The minimum Gasteiger partial charge on any atom is -0.481 e. The van der Waals surface area contributed by atoms with Crippen molar-refractivity contribution in [2.24, 2.45) is 0 Å². The number of halogens is 2. The van der Waals surface area contributed by atoms with E-state index in [9.17, 15) is 19.2 Å². The number of esters is 2. The van der Waals surface area contributed by atoms with E-state index in [-0.39, 0.29) is 34.2 Å². The Morgan fingerprint density at radius 3 is 1.76 bits per heavy atom. The monoisotopic (exact) mass is 528 g/mol. The molecule has 0 spiro atoms. The van der Waals surface area contributed by atoms with Crippen molar-refractivity contribution in [2.45, 2.75) is 33.7 Å². The van der Waals surface area contributed by atoms with Gasteiger partial charge in [0.2, 0.25) is 0 Å². The quantitative estimate of drug-likeness (QED) is 0.248. The first-order valence-electron chi connectivity index (χ1n) is 5.79. The fourth-order valence-corrected chi connectivity index (χ4v) is 1.76. The number of carbonyl (C=O) groups excluding carboxylic acids is 2. The Kier molecular flexibility index (Phi) is 10.6. The third kappa shape index (κ3) is 11.7. The second-order valence-corrected chi connectivity index (χ2v) is 8.90. The molecule has 21 heavy (non-hydrogen) atoms. The Morgan fingerprint density at radius 2 is 1.33 bits per heavy atom. The van der Waals surface area contributed by atoms with E-state index < -0.39 is 30.0 Å². The summed E-state index contributed by atoms with van der Waals surface area (Å²) in [6.45, 7) is -0.201. The van der Waals surface area contributed by atoms with Crippen LogP contribution in [0.25, 0.3) is 0 Å². The summed E-state index contributed by atoms with van der Waals surface area (Å²) in [7, 11) is 0. The summed E-state index contributed by atoms with van der Waals surface area (Å²) >= 11 is 3.93. The van der Waals surface area contributed by atoms with Crippen LogP contribution in [0.3, 0.4) is 0 Å². The number of carbonyl (C=O) groups is 4. The molecule has 0 bridgehead atoms. The Hall–Kier alpha value is -0.660. The van der Waals surface area contributed by atoms with Crippen molar-refractivity contribution in [1.29, 1.82) is 0 Å². The van der Waals surface area contributed by atoms with Crippen molar-refractivity contribution in [3.8, 4) is 0 Å². The lowest BCUT2D eigenvalue weighted by molar-refractivity contribution is -0.159. The zero-order valence-electron chi connectivity index (χ0n) is 10.8.